The van der Waals surface area contributed by atoms with Crippen molar-refractivity contribution in [1.29, 1.82) is 0 Å². The number of benzene rings is 1. The van der Waals surface area contributed by atoms with Gasteiger partial charge in [-0.05, 0) is 11.6 Å². The Morgan fingerprint density at radius 3 is 2.79 bits per heavy atom. The van der Waals surface area contributed by atoms with Crippen LogP contribution in [0.5, 0.6) is 0 Å². The summed E-state index contributed by atoms with van der Waals surface area (Å²) < 4.78 is 5.40. The fraction of sp³-hybridized carbons (Fsp3) is 0.273. The molecule has 3 heteroatoms. The molecule has 1 nitrogen and oxygen atoms in total. The van der Waals surface area contributed by atoms with Crippen LogP contribution >= 0.6 is 24.2 Å². The van der Waals surface area contributed by atoms with Crippen LogP contribution in [0.15, 0.2) is 36.4 Å². The first-order valence-electron chi connectivity index (χ1n) is 4.41. The highest BCUT2D eigenvalue weighted by atomic mass is 35.5. The summed E-state index contributed by atoms with van der Waals surface area (Å²) >= 11 is 10.00. The second kappa shape index (κ2) is 6.93. The Hall–Kier alpha value is -0.440. The minimum atomic E-state index is 0.552. The van der Waals surface area contributed by atoms with Gasteiger partial charge in [0.25, 0.3) is 0 Å². The summed E-state index contributed by atoms with van der Waals surface area (Å²) in [6.07, 6.45) is 3.90. The quantitative estimate of drug-likeness (QED) is 0.462. The van der Waals surface area contributed by atoms with Crippen LogP contribution in [0.2, 0.25) is 5.02 Å². The number of thiol groups is 1. The molecule has 0 heterocycles. The van der Waals surface area contributed by atoms with Crippen LogP contribution in [0, 0.1) is 0 Å². The normalized spacial score (nSPS) is 11.0. The molecule has 1 aromatic rings. The van der Waals surface area contributed by atoms with E-state index in [0.29, 0.717) is 13.2 Å². The molecule has 0 saturated heterocycles. The molecular formula is C11H13ClOS. The molecule has 0 N–H and O–H groups in total. The minimum absolute atomic E-state index is 0.552. The maximum Gasteiger partial charge on any atom is 0.0735 e. The highest BCUT2D eigenvalue weighted by molar-refractivity contribution is 7.80. The Morgan fingerprint density at radius 2 is 2.07 bits per heavy atom. The molecular weight excluding hydrogens is 216 g/mol. The highest BCUT2D eigenvalue weighted by Gasteiger charge is 1.96. The first-order chi connectivity index (χ1) is 6.84. The van der Waals surface area contributed by atoms with Crippen LogP contribution in [0.4, 0.5) is 0 Å². The number of halogens is 1. The molecule has 0 aliphatic carbocycles. The number of hydrogen-bond acceptors (Lipinski definition) is 2. The van der Waals surface area contributed by atoms with Gasteiger partial charge in [-0.25, -0.2) is 0 Å². The Labute approximate surface area is 95.1 Å². The topological polar surface area (TPSA) is 9.23 Å². The lowest BCUT2D eigenvalue weighted by molar-refractivity contribution is 0.148. The molecule has 0 atom stereocenters. The Kier molecular flexibility index (Phi) is 5.76. The molecule has 0 spiro atoms. The summed E-state index contributed by atoms with van der Waals surface area (Å²) in [6.45, 7) is 1.16. The van der Waals surface area contributed by atoms with Crippen molar-refractivity contribution < 1.29 is 4.74 Å². The van der Waals surface area contributed by atoms with Crippen LogP contribution in [0.25, 0.3) is 0 Å². The van der Waals surface area contributed by atoms with Crippen molar-refractivity contribution in [2.24, 2.45) is 0 Å². The first-order valence-corrected chi connectivity index (χ1v) is 5.42. The van der Waals surface area contributed by atoms with E-state index in [1.165, 1.54) is 0 Å². The van der Waals surface area contributed by atoms with E-state index in [-0.39, 0.29) is 0 Å². The lowest BCUT2D eigenvalue weighted by Gasteiger charge is -2.03. The largest absolute Gasteiger partial charge is 0.373 e. The van der Waals surface area contributed by atoms with E-state index in [1.54, 1.807) is 0 Å². The second-order valence-corrected chi connectivity index (χ2v) is 3.53. The van der Waals surface area contributed by atoms with Crippen LogP contribution in [-0.4, -0.2) is 12.4 Å². The van der Waals surface area contributed by atoms with E-state index in [4.69, 9.17) is 16.3 Å². The number of hydrogen-bond donors (Lipinski definition) is 1. The van der Waals surface area contributed by atoms with E-state index in [1.807, 2.05) is 36.4 Å². The van der Waals surface area contributed by atoms with Gasteiger partial charge in [0.1, 0.15) is 0 Å². The van der Waals surface area contributed by atoms with E-state index in [0.717, 1.165) is 16.3 Å². The van der Waals surface area contributed by atoms with Gasteiger partial charge >= 0.3 is 0 Å². The van der Waals surface area contributed by atoms with Gasteiger partial charge in [0, 0.05) is 10.8 Å². The van der Waals surface area contributed by atoms with E-state index in [9.17, 15) is 0 Å². The standard InChI is InChI=1S/C11H13ClOS/c12-11-6-2-1-5-10(11)9-13-7-3-4-8-14/h1-6,14H,7-9H2. The molecule has 0 bridgehead atoms. The molecule has 14 heavy (non-hydrogen) atoms. The molecule has 0 aliphatic heterocycles. The third-order valence-corrected chi connectivity index (χ3v) is 2.28. The molecule has 0 fully saturated rings. The number of rotatable bonds is 5. The molecule has 1 rings (SSSR count). The van der Waals surface area contributed by atoms with Crippen LogP contribution < -0.4 is 0 Å². The Morgan fingerprint density at radius 1 is 1.29 bits per heavy atom. The second-order valence-electron chi connectivity index (χ2n) is 2.76. The smallest absolute Gasteiger partial charge is 0.0735 e. The fourth-order valence-electron chi connectivity index (χ4n) is 0.995. The average Bonchev–Trinajstić information content (AvgIpc) is 2.20. The summed E-state index contributed by atoms with van der Waals surface area (Å²) in [4.78, 5) is 0. The van der Waals surface area contributed by atoms with Crippen LogP contribution in [0.1, 0.15) is 5.56 Å². The van der Waals surface area contributed by atoms with Crippen molar-refractivity contribution >= 4 is 24.2 Å². The predicted octanol–water partition coefficient (Wildman–Crippen LogP) is 3.34. The molecule has 0 unspecified atom stereocenters. The molecule has 0 radical (unpaired) electrons. The monoisotopic (exact) mass is 228 g/mol. The fourth-order valence-corrected chi connectivity index (χ4v) is 1.33. The molecule has 0 saturated carbocycles. The van der Waals surface area contributed by atoms with Gasteiger partial charge in [-0.15, -0.1) is 0 Å². The van der Waals surface area contributed by atoms with Gasteiger partial charge in [-0.2, -0.15) is 12.6 Å². The van der Waals surface area contributed by atoms with Crippen molar-refractivity contribution in [3.63, 3.8) is 0 Å². The molecule has 76 valence electrons. The third kappa shape index (κ3) is 4.18. The minimum Gasteiger partial charge on any atom is -0.373 e. The molecule has 0 amide bonds. The first kappa shape index (κ1) is 11.6. The summed E-state index contributed by atoms with van der Waals surface area (Å²) in [5, 5.41) is 0.755. The van der Waals surface area contributed by atoms with E-state index >= 15 is 0 Å². The molecule has 1 aromatic carbocycles. The average molecular weight is 229 g/mol. The maximum atomic E-state index is 5.95. The van der Waals surface area contributed by atoms with Gasteiger partial charge < -0.3 is 4.74 Å². The summed E-state index contributed by atoms with van der Waals surface area (Å²) in [6, 6.07) is 7.69. The van der Waals surface area contributed by atoms with Crippen molar-refractivity contribution in [2.75, 3.05) is 12.4 Å². The zero-order chi connectivity index (χ0) is 10.2. The Balaban J connectivity index is 2.31. The third-order valence-electron chi connectivity index (χ3n) is 1.70. The van der Waals surface area contributed by atoms with Crippen molar-refractivity contribution in [2.45, 2.75) is 6.61 Å². The van der Waals surface area contributed by atoms with Crippen LogP contribution in [0.3, 0.4) is 0 Å². The molecule has 0 aromatic heterocycles. The van der Waals surface area contributed by atoms with Gasteiger partial charge in [0.15, 0.2) is 0 Å². The van der Waals surface area contributed by atoms with E-state index < -0.39 is 0 Å². The maximum absolute atomic E-state index is 5.95. The van der Waals surface area contributed by atoms with Gasteiger partial charge in [-0.3, -0.25) is 0 Å². The van der Waals surface area contributed by atoms with Gasteiger partial charge in [-0.1, -0.05) is 42.0 Å². The van der Waals surface area contributed by atoms with Gasteiger partial charge in [0.05, 0.1) is 13.2 Å². The van der Waals surface area contributed by atoms with Crippen LogP contribution in [-0.2, 0) is 11.3 Å². The lowest BCUT2D eigenvalue weighted by atomic mass is 10.2. The summed E-state index contributed by atoms with van der Waals surface area (Å²) in [7, 11) is 0. The summed E-state index contributed by atoms with van der Waals surface area (Å²) in [5.41, 5.74) is 1.02. The van der Waals surface area contributed by atoms with E-state index in [2.05, 4.69) is 12.6 Å². The SMILES string of the molecule is SCC=CCOCc1ccccc1Cl. The van der Waals surface area contributed by atoms with Crippen molar-refractivity contribution in [1.82, 2.24) is 0 Å². The van der Waals surface area contributed by atoms with Crippen molar-refractivity contribution in [3.8, 4) is 0 Å². The zero-order valence-electron chi connectivity index (χ0n) is 7.82. The zero-order valence-corrected chi connectivity index (χ0v) is 9.47. The van der Waals surface area contributed by atoms with Gasteiger partial charge in [0.2, 0.25) is 0 Å². The molecule has 0 aliphatic rings. The highest BCUT2D eigenvalue weighted by Crippen LogP contribution is 2.15. The number of ether oxygens (including phenoxy) is 1. The lowest BCUT2D eigenvalue weighted by Crippen LogP contribution is -1.93. The Bertz CT molecular complexity index is 299. The summed E-state index contributed by atoms with van der Waals surface area (Å²) in [5.74, 6) is 0.745. The van der Waals surface area contributed by atoms with Crippen molar-refractivity contribution in [3.05, 3.63) is 47.0 Å². The predicted molar refractivity (Wildman–Crippen MR) is 64.1 cm³/mol.